The van der Waals surface area contributed by atoms with Crippen molar-refractivity contribution in [3.05, 3.63) is 70.8 Å². The Morgan fingerprint density at radius 2 is 1.81 bits per heavy atom. The maximum absolute atomic E-state index is 13.6. The van der Waals surface area contributed by atoms with Crippen LogP contribution in [0, 0.1) is 0 Å². The fourth-order valence-electron chi connectivity index (χ4n) is 4.54. The summed E-state index contributed by atoms with van der Waals surface area (Å²) in [5, 5.41) is 0.498. The Balaban J connectivity index is 1.66. The highest BCUT2D eigenvalue weighted by Crippen LogP contribution is 2.28. The van der Waals surface area contributed by atoms with Gasteiger partial charge in [0.1, 0.15) is 17.2 Å². The number of para-hydroxylation sites is 2. The largest absolute Gasteiger partial charge is 0.376 e. The molecule has 5 aromatic rings. The van der Waals surface area contributed by atoms with E-state index < -0.39 is 0 Å². The molecule has 1 atom stereocenters. The van der Waals surface area contributed by atoms with Crippen LogP contribution in [0.15, 0.2) is 59.7 Å². The topological polar surface area (TPSA) is 74.8 Å². The Bertz CT molecular complexity index is 1510. The van der Waals surface area contributed by atoms with Crippen molar-refractivity contribution in [3.63, 3.8) is 0 Å². The fraction of sp³-hybridized carbons (Fsp3) is 0.280. The van der Waals surface area contributed by atoms with Gasteiger partial charge < -0.3 is 4.74 Å². The number of hydrogen-bond acceptors (Lipinski definition) is 5. The smallest absolute Gasteiger partial charge is 0.265 e. The first-order valence-corrected chi connectivity index (χ1v) is 11.1. The van der Waals surface area contributed by atoms with E-state index in [1.54, 1.807) is 10.9 Å². The van der Waals surface area contributed by atoms with Gasteiger partial charge >= 0.3 is 0 Å². The predicted molar refractivity (Wildman–Crippen MR) is 124 cm³/mol. The quantitative estimate of drug-likeness (QED) is 0.435. The maximum atomic E-state index is 13.6. The van der Waals surface area contributed by atoms with Crippen molar-refractivity contribution < 1.29 is 4.74 Å². The molecule has 6 rings (SSSR count). The number of hydrogen-bond donors (Lipinski definition) is 0. The summed E-state index contributed by atoms with van der Waals surface area (Å²) in [6.07, 6.45) is 4.63. The summed E-state index contributed by atoms with van der Waals surface area (Å²) >= 11 is 0. The summed E-state index contributed by atoms with van der Waals surface area (Å²) < 4.78 is 9.34. The summed E-state index contributed by atoms with van der Waals surface area (Å²) in [5.41, 5.74) is 5.40. The maximum Gasteiger partial charge on any atom is 0.265 e. The van der Waals surface area contributed by atoms with Gasteiger partial charge in [-0.05, 0) is 49.1 Å². The second kappa shape index (κ2) is 7.53. The van der Waals surface area contributed by atoms with Crippen molar-refractivity contribution in [2.45, 2.75) is 38.8 Å². The molecule has 0 radical (unpaired) electrons. The Labute approximate surface area is 184 Å². The molecule has 0 amide bonds. The van der Waals surface area contributed by atoms with Crippen LogP contribution in [0.2, 0.25) is 0 Å². The number of benzene rings is 2. The number of nitrogens with zero attached hydrogens (tertiary/aromatic N) is 5. The molecule has 1 unspecified atom stereocenters. The monoisotopic (exact) mass is 425 g/mol. The second-order valence-electron chi connectivity index (χ2n) is 8.28. The highest BCUT2D eigenvalue weighted by Gasteiger charge is 2.23. The molecule has 0 saturated carbocycles. The van der Waals surface area contributed by atoms with Crippen LogP contribution in [0.25, 0.3) is 38.9 Å². The lowest BCUT2D eigenvalue weighted by Crippen LogP contribution is -2.26. The number of aromatic nitrogens is 5. The van der Waals surface area contributed by atoms with Gasteiger partial charge in [0.05, 0.1) is 23.7 Å². The molecule has 0 spiro atoms. The first-order chi connectivity index (χ1) is 15.7. The van der Waals surface area contributed by atoms with Gasteiger partial charge in [-0.3, -0.25) is 13.9 Å². The Morgan fingerprint density at radius 1 is 1.03 bits per heavy atom. The second-order valence-corrected chi connectivity index (χ2v) is 8.28. The molecule has 0 aliphatic carbocycles. The third-order valence-corrected chi connectivity index (χ3v) is 6.26. The van der Waals surface area contributed by atoms with E-state index in [1.807, 2.05) is 41.0 Å². The van der Waals surface area contributed by atoms with Crippen molar-refractivity contribution >= 4 is 33.2 Å². The lowest BCUT2D eigenvalue weighted by Gasteiger charge is -2.11. The first kappa shape index (κ1) is 19.1. The van der Waals surface area contributed by atoms with Gasteiger partial charge in [0.25, 0.3) is 5.56 Å². The highest BCUT2D eigenvalue weighted by molar-refractivity contribution is 6.05. The predicted octanol–water partition coefficient (Wildman–Crippen LogP) is 4.03. The molecule has 4 heterocycles. The minimum atomic E-state index is -0.107. The highest BCUT2D eigenvalue weighted by atomic mass is 16.5. The molecule has 1 aliphatic rings. The van der Waals surface area contributed by atoms with Crippen LogP contribution in [0.3, 0.4) is 0 Å². The lowest BCUT2D eigenvalue weighted by atomic mass is 10.1. The number of aryl methyl sites for hydroxylation is 1. The molecular weight excluding hydrogens is 402 g/mol. The van der Waals surface area contributed by atoms with E-state index >= 15 is 0 Å². The molecule has 7 heteroatoms. The zero-order valence-corrected chi connectivity index (χ0v) is 17.9. The van der Waals surface area contributed by atoms with Crippen LogP contribution in [0.4, 0.5) is 0 Å². The van der Waals surface area contributed by atoms with Gasteiger partial charge in [-0.1, -0.05) is 31.2 Å². The Hall–Kier alpha value is -3.58. The molecule has 32 heavy (non-hydrogen) atoms. The minimum Gasteiger partial charge on any atom is -0.376 e. The summed E-state index contributed by atoms with van der Waals surface area (Å²) in [6.45, 7) is 3.38. The first-order valence-electron chi connectivity index (χ1n) is 11.1. The molecule has 2 aromatic carbocycles. The molecule has 1 fully saturated rings. The van der Waals surface area contributed by atoms with Gasteiger partial charge in [0, 0.05) is 12.3 Å². The van der Waals surface area contributed by atoms with E-state index in [-0.39, 0.29) is 11.7 Å². The van der Waals surface area contributed by atoms with E-state index in [0.29, 0.717) is 28.7 Å². The van der Waals surface area contributed by atoms with Crippen molar-refractivity contribution in [1.29, 1.82) is 0 Å². The van der Waals surface area contributed by atoms with Crippen LogP contribution < -0.4 is 5.56 Å². The summed E-state index contributed by atoms with van der Waals surface area (Å²) in [6, 6.07) is 16.0. The zero-order chi connectivity index (χ0) is 21.7. The lowest BCUT2D eigenvalue weighted by molar-refractivity contribution is 0.0960. The third-order valence-electron chi connectivity index (χ3n) is 6.26. The number of fused-ring (bicyclic) bond motifs is 4. The molecule has 160 valence electrons. The van der Waals surface area contributed by atoms with Crippen LogP contribution in [0.1, 0.15) is 25.3 Å². The molecular formula is C25H23N5O2. The van der Waals surface area contributed by atoms with Gasteiger partial charge in [-0.25, -0.2) is 15.0 Å². The third kappa shape index (κ3) is 3.00. The van der Waals surface area contributed by atoms with Crippen molar-refractivity contribution in [2.75, 3.05) is 6.61 Å². The fourth-order valence-corrected chi connectivity index (χ4v) is 4.54. The molecule has 1 aliphatic heterocycles. The van der Waals surface area contributed by atoms with E-state index in [4.69, 9.17) is 19.7 Å². The van der Waals surface area contributed by atoms with Crippen LogP contribution in [0.5, 0.6) is 0 Å². The molecule has 7 nitrogen and oxygen atoms in total. The molecule has 3 aromatic heterocycles. The zero-order valence-electron chi connectivity index (χ0n) is 17.9. The van der Waals surface area contributed by atoms with Crippen molar-refractivity contribution in [3.8, 4) is 5.69 Å². The Kier molecular flexibility index (Phi) is 4.50. The van der Waals surface area contributed by atoms with Crippen LogP contribution in [-0.2, 0) is 17.7 Å². The van der Waals surface area contributed by atoms with Crippen molar-refractivity contribution in [1.82, 2.24) is 24.1 Å². The average Bonchev–Trinajstić information content (AvgIpc) is 3.45. The van der Waals surface area contributed by atoms with Gasteiger partial charge in [-0.15, -0.1) is 0 Å². The Morgan fingerprint density at radius 3 is 2.53 bits per heavy atom. The van der Waals surface area contributed by atoms with E-state index in [9.17, 15) is 4.79 Å². The normalized spacial score (nSPS) is 16.5. The SMILES string of the molecule is CCc1ccc(-n2c3nc4ccccc4nc3c3c(=O)n(CC4CCCO4)cnc32)cc1. The summed E-state index contributed by atoms with van der Waals surface area (Å²) in [7, 11) is 0. The average molecular weight is 425 g/mol. The van der Waals surface area contributed by atoms with Crippen LogP contribution in [-0.4, -0.2) is 36.8 Å². The van der Waals surface area contributed by atoms with E-state index in [1.165, 1.54) is 5.56 Å². The van der Waals surface area contributed by atoms with E-state index in [0.717, 1.165) is 42.6 Å². The van der Waals surface area contributed by atoms with Crippen LogP contribution >= 0.6 is 0 Å². The summed E-state index contributed by atoms with van der Waals surface area (Å²) in [5.74, 6) is 0. The minimum absolute atomic E-state index is 0.0498. The van der Waals surface area contributed by atoms with E-state index in [2.05, 4.69) is 19.1 Å². The molecule has 0 N–H and O–H groups in total. The van der Waals surface area contributed by atoms with Gasteiger partial charge in [0.15, 0.2) is 11.3 Å². The van der Waals surface area contributed by atoms with Crippen molar-refractivity contribution in [2.24, 2.45) is 0 Å². The summed E-state index contributed by atoms with van der Waals surface area (Å²) in [4.78, 5) is 28.1. The number of rotatable bonds is 4. The number of ether oxygens (including phenoxy) is 1. The van der Waals surface area contributed by atoms with Gasteiger partial charge in [-0.2, -0.15) is 0 Å². The standard InChI is InChI=1S/C25H23N5O2/c1-2-16-9-11-17(12-10-16)30-23-21(22-24(30)28-20-8-4-3-7-19(20)27-22)25(31)29(15-26-23)14-18-6-5-13-32-18/h3-4,7-12,15,18H,2,5-6,13-14H2,1H3. The molecule has 1 saturated heterocycles. The molecule has 0 bridgehead atoms. The van der Waals surface area contributed by atoms with Gasteiger partial charge in [0.2, 0.25) is 0 Å².